The van der Waals surface area contributed by atoms with Gasteiger partial charge in [-0.3, -0.25) is 5.84 Å². The molecule has 2 N–H and O–H groups in total. The van der Waals surface area contributed by atoms with E-state index in [9.17, 15) is 5.21 Å². The van der Waals surface area contributed by atoms with Crippen LogP contribution in [0.4, 0.5) is 5.69 Å². The summed E-state index contributed by atoms with van der Waals surface area (Å²) >= 11 is 0. The third-order valence-electron chi connectivity index (χ3n) is 1.74. The van der Waals surface area contributed by atoms with Crippen LogP contribution in [0, 0.1) is 19.1 Å². The van der Waals surface area contributed by atoms with Gasteiger partial charge in [-0.1, -0.05) is 6.07 Å². The molecule has 0 aromatic heterocycles. The van der Waals surface area contributed by atoms with Crippen LogP contribution < -0.4 is 11.0 Å². The van der Waals surface area contributed by atoms with Crippen molar-refractivity contribution in [3.05, 3.63) is 34.5 Å². The van der Waals surface area contributed by atoms with Crippen molar-refractivity contribution in [2.75, 3.05) is 5.17 Å². The van der Waals surface area contributed by atoms with Crippen molar-refractivity contribution in [1.82, 2.24) is 0 Å². The van der Waals surface area contributed by atoms with Crippen molar-refractivity contribution < 1.29 is 0 Å². The molecule has 60 valence electrons. The maximum absolute atomic E-state index is 10.6. The molecule has 0 saturated heterocycles. The zero-order valence-electron chi connectivity index (χ0n) is 6.66. The number of hydrogen-bond acceptors (Lipinski definition) is 3. The van der Waals surface area contributed by atoms with Crippen molar-refractivity contribution in [2.24, 2.45) is 5.84 Å². The van der Waals surface area contributed by atoms with E-state index >= 15 is 0 Å². The van der Waals surface area contributed by atoms with Gasteiger partial charge in [0.25, 0.3) is 0 Å². The van der Waals surface area contributed by atoms with Gasteiger partial charge in [0.1, 0.15) is 0 Å². The zero-order chi connectivity index (χ0) is 8.43. The number of rotatable bonds is 1. The van der Waals surface area contributed by atoms with Crippen molar-refractivity contribution in [2.45, 2.75) is 13.8 Å². The molecule has 11 heavy (non-hydrogen) atoms. The fraction of sp³-hybridized carbons (Fsp3) is 0.250. The van der Waals surface area contributed by atoms with Crippen LogP contribution in [0.25, 0.3) is 0 Å². The highest BCUT2D eigenvalue weighted by Gasteiger charge is 1.94. The number of benzene rings is 1. The van der Waals surface area contributed by atoms with E-state index in [1.807, 2.05) is 19.9 Å². The van der Waals surface area contributed by atoms with E-state index in [2.05, 4.69) is 0 Å². The van der Waals surface area contributed by atoms with E-state index in [0.717, 1.165) is 11.1 Å². The highest BCUT2D eigenvalue weighted by atomic mass is 16.5. The molecule has 0 unspecified atom stereocenters. The second-order valence-corrected chi connectivity index (χ2v) is 2.59. The topological polar surface area (TPSA) is 52.3 Å². The monoisotopic (exact) mass is 151 g/mol. The van der Waals surface area contributed by atoms with Gasteiger partial charge in [0, 0.05) is 5.69 Å². The first-order valence-electron chi connectivity index (χ1n) is 3.40. The van der Waals surface area contributed by atoms with Crippen LogP contribution in [-0.4, -0.2) is 0 Å². The molecule has 0 fully saturated rings. The minimum absolute atomic E-state index is 0.367. The molecule has 0 aliphatic rings. The molecule has 1 rings (SSSR count). The Morgan fingerprint density at radius 3 is 2.36 bits per heavy atom. The average molecular weight is 151 g/mol. The molecular formula is C8H11N2O-. The molecule has 1 aromatic carbocycles. The summed E-state index contributed by atoms with van der Waals surface area (Å²) in [6, 6.07) is 5.35. The van der Waals surface area contributed by atoms with Crippen molar-refractivity contribution in [1.29, 1.82) is 0 Å². The minimum atomic E-state index is 0.367. The predicted octanol–water partition coefficient (Wildman–Crippen LogP) is 1.48. The molecule has 0 amide bonds. The lowest BCUT2D eigenvalue weighted by atomic mass is 10.1. The molecular weight excluding hydrogens is 140 g/mol. The fourth-order valence-corrected chi connectivity index (χ4v) is 0.863. The second kappa shape index (κ2) is 2.90. The third-order valence-corrected chi connectivity index (χ3v) is 1.74. The normalized spacial score (nSPS) is 9.82. The summed E-state index contributed by atoms with van der Waals surface area (Å²) in [5.74, 6) is 5.01. The molecule has 0 radical (unpaired) electrons. The van der Waals surface area contributed by atoms with Gasteiger partial charge in [-0.15, -0.1) is 0 Å². The van der Waals surface area contributed by atoms with Crippen LogP contribution >= 0.6 is 0 Å². The third kappa shape index (κ3) is 1.69. The van der Waals surface area contributed by atoms with Gasteiger partial charge in [-0.05, 0) is 37.1 Å². The fourth-order valence-electron chi connectivity index (χ4n) is 0.863. The van der Waals surface area contributed by atoms with Crippen LogP contribution in [0.2, 0.25) is 0 Å². The first kappa shape index (κ1) is 8.04. The quantitative estimate of drug-likeness (QED) is 0.488. The Morgan fingerprint density at radius 2 is 1.91 bits per heavy atom. The Morgan fingerprint density at radius 1 is 1.27 bits per heavy atom. The van der Waals surface area contributed by atoms with E-state index in [1.54, 1.807) is 12.1 Å². The number of hydrogen-bond donors (Lipinski definition) is 1. The maximum atomic E-state index is 10.6. The second-order valence-electron chi connectivity index (χ2n) is 2.59. The first-order chi connectivity index (χ1) is 5.11. The average Bonchev–Trinajstić information content (AvgIpc) is 1.94. The number of aryl methyl sites for hydroxylation is 2. The van der Waals surface area contributed by atoms with Crippen LogP contribution in [-0.2, 0) is 0 Å². The van der Waals surface area contributed by atoms with E-state index in [4.69, 9.17) is 5.84 Å². The molecule has 1 aromatic rings. The Balaban J connectivity index is 3.05. The van der Waals surface area contributed by atoms with Crippen molar-refractivity contribution in [3.63, 3.8) is 0 Å². The van der Waals surface area contributed by atoms with Crippen LogP contribution in [0.3, 0.4) is 0 Å². The first-order valence-corrected chi connectivity index (χ1v) is 3.40. The highest BCUT2D eigenvalue weighted by molar-refractivity contribution is 5.49. The Bertz CT molecular complexity index is 258. The summed E-state index contributed by atoms with van der Waals surface area (Å²) in [5, 5.41) is 11.0. The van der Waals surface area contributed by atoms with Gasteiger partial charge in [0.05, 0.1) is 0 Å². The van der Waals surface area contributed by atoms with Crippen molar-refractivity contribution in [3.8, 4) is 0 Å². The number of nitrogens with two attached hydrogens (primary N) is 1. The summed E-state index contributed by atoms with van der Waals surface area (Å²) in [6.07, 6.45) is 0. The molecule has 0 atom stereocenters. The summed E-state index contributed by atoms with van der Waals surface area (Å²) in [6.45, 7) is 3.94. The van der Waals surface area contributed by atoms with Gasteiger partial charge < -0.3 is 10.4 Å². The van der Waals surface area contributed by atoms with E-state index < -0.39 is 0 Å². The molecule has 3 heteroatoms. The highest BCUT2D eigenvalue weighted by Crippen LogP contribution is 2.15. The van der Waals surface area contributed by atoms with E-state index in [0.29, 0.717) is 10.9 Å². The molecule has 0 saturated carbocycles. The maximum Gasteiger partial charge on any atom is 0.0405 e. The predicted molar refractivity (Wildman–Crippen MR) is 45.9 cm³/mol. The molecule has 0 aliphatic carbocycles. The minimum Gasteiger partial charge on any atom is -0.743 e. The largest absolute Gasteiger partial charge is 0.743 e. The van der Waals surface area contributed by atoms with Crippen LogP contribution in [0.5, 0.6) is 0 Å². The van der Waals surface area contributed by atoms with Gasteiger partial charge >= 0.3 is 0 Å². The SMILES string of the molecule is Cc1ccc(N(N)[O-])cc1C. The summed E-state index contributed by atoms with van der Waals surface area (Å²) in [4.78, 5) is 0. The smallest absolute Gasteiger partial charge is 0.0405 e. The summed E-state index contributed by atoms with van der Waals surface area (Å²) in [5.41, 5.74) is 2.73. The molecule has 0 bridgehead atoms. The van der Waals surface area contributed by atoms with Crippen LogP contribution in [0.15, 0.2) is 18.2 Å². The van der Waals surface area contributed by atoms with Gasteiger partial charge in [0.15, 0.2) is 0 Å². The van der Waals surface area contributed by atoms with E-state index in [1.165, 1.54) is 0 Å². The van der Waals surface area contributed by atoms with E-state index in [-0.39, 0.29) is 0 Å². The summed E-state index contributed by atoms with van der Waals surface area (Å²) in [7, 11) is 0. The lowest BCUT2D eigenvalue weighted by Gasteiger charge is -2.24. The van der Waals surface area contributed by atoms with Gasteiger partial charge in [0.2, 0.25) is 0 Å². The Kier molecular flexibility index (Phi) is 2.12. The molecule has 0 spiro atoms. The lowest BCUT2D eigenvalue weighted by Crippen LogP contribution is -2.22. The lowest BCUT2D eigenvalue weighted by molar-refractivity contribution is 1.08. The standard InChI is InChI=1S/C8H11N2O/c1-6-3-4-8(10(9)11)5-7(6)2/h3-5H,9H2,1-2H3/q-1. The number of nitrogens with zero attached hydrogens (tertiary/aromatic N) is 1. The summed E-state index contributed by atoms with van der Waals surface area (Å²) < 4.78 is 0. The molecule has 3 nitrogen and oxygen atoms in total. The molecule has 0 heterocycles. The van der Waals surface area contributed by atoms with Gasteiger partial charge in [-0.25, -0.2) is 0 Å². The van der Waals surface area contributed by atoms with Gasteiger partial charge in [-0.2, -0.15) is 0 Å². The Hall–Kier alpha value is -1.06. The zero-order valence-corrected chi connectivity index (χ0v) is 6.66. The Labute approximate surface area is 66.0 Å². The molecule has 0 aliphatic heterocycles. The van der Waals surface area contributed by atoms with Crippen LogP contribution in [0.1, 0.15) is 11.1 Å². The van der Waals surface area contributed by atoms with Crippen molar-refractivity contribution >= 4 is 5.69 Å². The number of hydrazine groups is 1. The number of anilines is 1.